The summed E-state index contributed by atoms with van der Waals surface area (Å²) in [6.45, 7) is 2.23. The molecule has 1 aromatic rings. The molecule has 0 amide bonds. The third-order valence-corrected chi connectivity index (χ3v) is 6.85. The molecule has 1 saturated carbocycles. The zero-order valence-electron chi connectivity index (χ0n) is 14.4. The summed E-state index contributed by atoms with van der Waals surface area (Å²) in [5.41, 5.74) is 0.921. The van der Waals surface area contributed by atoms with Crippen LogP contribution in [0.4, 0.5) is 0 Å². The summed E-state index contributed by atoms with van der Waals surface area (Å²) in [4.78, 5) is 15.8. The molecular weight excluding hydrogens is 282 g/mol. The minimum absolute atomic E-state index is 0.244. The number of ketones is 1. The van der Waals surface area contributed by atoms with E-state index in [0.29, 0.717) is 11.7 Å². The molecule has 2 bridgehead atoms. The molecule has 124 valence electrons. The molecule has 2 nitrogen and oxygen atoms in total. The Kier molecular flexibility index (Phi) is 4.05. The standard InChI is InChI=1S/C21H29NO/c1-3-4-10-16(21(23)14-8-6-5-7-9-14)15-11-19-17-13-18(17)20(12-15)22(19)2/h5-9,15-20H,3-4,10-13H2,1-2H3. The Labute approximate surface area is 140 Å². The van der Waals surface area contributed by atoms with E-state index in [1.54, 1.807) is 0 Å². The molecule has 1 aromatic carbocycles. The van der Waals surface area contributed by atoms with E-state index in [1.807, 2.05) is 30.3 Å². The zero-order chi connectivity index (χ0) is 16.0. The van der Waals surface area contributed by atoms with Crippen molar-refractivity contribution in [3.63, 3.8) is 0 Å². The van der Waals surface area contributed by atoms with Gasteiger partial charge in [-0.25, -0.2) is 0 Å². The highest BCUT2D eigenvalue weighted by Crippen LogP contribution is 2.59. The van der Waals surface area contributed by atoms with Crippen LogP contribution in [0.3, 0.4) is 0 Å². The molecule has 1 aliphatic carbocycles. The smallest absolute Gasteiger partial charge is 0.166 e. The van der Waals surface area contributed by atoms with Gasteiger partial charge in [0.15, 0.2) is 5.78 Å². The predicted molar refractivity (Wildman–Crippen MR) is 93.4 cm³/mol. The number of carbonyl (C=O) groups is 1. The average Bonchev–Trinajstić information content (AvgIpc) is 3.33. The highest BCUT2D eigenvalue weighted by molar-refractivity contribution is 5.98. The van der Waals surface area contributed by atoms with Crippen LogP contribution in [0.2, 0.25) is 0 Å². The quantitative estimate of drug-likeness (QED) is 0.726. The van der Waals surface area contributed by atoms with Crippen LogP contribution in [0, 0.1) is 23.7 Å². The minimum Gasteiger partial charge on any atom is -0.300 e. The Balaban J connectivity index is 1.53. The van der Waals surface area contributed by atoms with Crippen molar-refractivity contribution < 1.29 is 4.79 Å². The zero-order valence-corrected chi connectivity index (χ0v) is 14.4. The fourth-order valence-corrected chi connectivity index (χ4v) is 5.52. The van der Waals surface area contributed by atoms with E-state index >= 15 is 0 Å². The molecule has 0 N–H and O–H groups in total. The minimum atomic E-state index is 0.244. The molecule has 3 fully saturated rings. The van der Waals surface area contributed by atoms with Gasteiger partial charge in [-0.3, -0.25) is 9.69 Å². The first-order valence-electron chi connectivity index (χ1n) is 9.52. The Morgan fingerprint density at radius 2 is 1.78 bits per heavy atom. The van der Waals surface area contributed by atoms with E-state index in [2.05, 4.69) is 18.9 Å². The summed E-state index contributed by atoms with van der Waals surface area (Å²) in [5.74, 6) is 3.16. The number of carbonyl (C=O) groups excluding carboxylic acids is 1. The van der Waals surface area contributed by atoms with E-state index in [0.717, 1.165) is 35.9 Å². The number of hydrogen-bond donors (Lipinski definition) is 0. The lowest BCUT2D eigenvalue weighted by Gasteiger charge is -2.41. The molecule has 5 atom stereocenters. The largest absolute Gasteiger partial charge is 0.300 e. The van der Waals surface area contributed by atoms with Gasteiger partial charge in [0.2, 0.25) is 0 Å². The van der Waals surface area contributed by atoms with Gasteiger partial charge in [-0.2, -0.15) is 0 Å². The summed E-state index contributed by atoms with van der Waals surface area (Å²) >= 11 is 0. The number of rotatable bonds is 6. The van der Waals surface area contributed by atoms with Crippen LogP contribution in [0.5, 0.6) is 0 Å². The Bertz CT molecular complexity index is 550. The van der Waals surface area contributed by atoms with Crippen molar-refractivity contribution in [1.82, 2.24) is 4.90 Å². The maximum absolute atomic E-state index is 13.1. The molecule has 2 heteroatoms. The molecule has 2 aliphatic heterocycles. The Morgan fingerprint density at radius 1 is 1.13 bits per heavy atom. The first kappa shape index (κ1) is 15.4. The number of unbranched alkanes of at least 4 members (excludes halogenated alkanes) is 1. The SMILES string of the molecule is CCCCC(C(=O)c1ccccc1)C1CC2C3CC3C(C1)N2C. The van der Waals surface area contributed by atoms with Gasteiger partial charge in [0, 0.05) is 23.6 Å². The average molecular weight is 311 g/mol. The number of nitrogens with zero attached hydrogens (tertiary/aromatic N) is 1. The van der Waals surface area contributed by atoms with Gasteiger partial charge in [0.1, 0.15) is 0 Å². The summed E-state index contributed by atoms with van der Waals surface area (Å²) in [7, 11) is 2.32. The lowest BCUT2D eigenvalue weighted by Crippen LogP contribution is -2.46. The van der Waals surface area contributed by atoms with Gasteiger partial charge in [-0.05, 0) is 50.5 Å². The highest BCUT2D eigenvalue weighted by Gasteiger charge is 2.60. The molecule has 3 aliphatic rings. The van der Waals surface area contributed by atoms with Gasteiger partial charge < -0.3 is 0 Å². The van der Waals surface area contributed by atoms with Crippen molar-refractivity contribution in [2.75, 3.05) is 7.05 Å². The maximum Gasteiger partial charge on any atom is 0.166 e. The second-order valence-electron chi connectivity index (χ2n) is 8.07. The first-order valence-corrected chi connectivity index (χ1v) is 9.52. The van der Waals surface area contributed by atoms with Crippen LogP contribution in [-0.2, 0) is 0 Å². The normalized spacial score (nSPS) is 36.5. The summed E-state index contributed by atoms with van der Waals surface area (Å²) in [6, 6.07) is 11.5. The topological polar surface area (TPSA) is 20.3 Å². The predicted octanol–water partition coefficient (Wildman–Crippen LogP) is 4.40. The maximum atomic E-state index is 13.1. The van der Waals surface area contributed by atoms with Crippen molar-refractivity contribution in [2.24, 2.45) is 23.7 Å². The van der Waals surface area contributed by atoms with Crippen LogP contribution in [0.15, 0.2) is 30.3 Å². The third kappa shape index (κ3) is 2.65. The number of hydrogen-bond acceptors (Lipinski definition) is 2. The van der Waals surface area contributed by atoms with Crippen LogP contribution in [0.25, 0.3) is 0 Å². The lowest BCUT2D eigenvalue weighted by atomic mass is 9.74. The lowest BCUT2D eigenvalue weighted by molar-refractivity contribution is 0.0589. The summed E-state index contributed by atoms with van der Waals surface area (Å²) in [5, 5.41) is 0. The first-order chi connectivity index (χ1) is 11.2. The third-order valence-electron chi connectivity index (χ3n) is 6.85. The molecule has 0 spiro atoms. The van der Waals surface area contributed by atoms with E-state index in [4.69, 9.17) is 0 Å². The van der Waals surface area contributed by atoms with Gasteiger partial charge in [0.05, 0.1) is 0 Å². The van der Waals surface area contributed by atoms with Crippen LogP contribution >= 0.6 is 0 Å². The van der Waals surface area contributed by atoms with Crippen molar-refractivity contribution in [1.29, 1.82) is 0 Å². The number of fused-ring (bicyclic) bond motifs is 5. The van der Waals surface area contributed by atoms with Crippen LogP contribution in [-0.4, -0.2) is 29.8 Å². The molecule has 4 rings (SSSR count). The fraction of sp³-hybridized carbons (Fsp3) is 0.667. The molecule has 2 saturated heterocycles. The fourth-order valence-electron chi connectivity index (χ4n) is 5.52. The van der Waals surface area contributed by atoms with Crippen LogP contribution < -0.4 is 0 Å². The Morgan fingerprint density at radius 3 is 2.39 bits per heavy atom. The summed E-state index contributed by atoms with van der Waals surface area (Å²) < 4.78 is 0. The Hall–Kier alpha value is -1.15. The molecular formula is C21H29NO. The van der Waals surface area contributed by atoms with E-state index in [-0.39, 0.29) is 5.92 Å². The molecule has 23 heavy (non-hydrogen) atoms. The number of benzene rings is 1. The van der Waals surface area contributed by atoms with E-state index in [1.165, 1.54) is 32.1 Å². The molecule has 0 radical (unpaired) electrons. The van der Waals surface area contributed by atoms with Crippen LogP contribution in [0.1, 0.15) is 55.8 Å². The second-order valence-corrected chi connectivity index (χ2v) is 8.07. The molecule has 5 unspecified atom stereocenters. The number of piperidine rings is 2. The van der Waals surface area contributed by atoms with Gasteiger partial charge in [-0.1, -0.05) is 50.1 Å². The number of Topliss-reactive ketones (excluding diaryl/α,β-unsaturated/α-hetero) is 1. The highest BCUT2D eigenvalue weighted by atomic mass is 16.1. The summed E-state index contributed by atoms with van der Waals surface area (Å²) in [6.07, 6.45) is 7.40. The second kappa shape index (κ2) is 6.05. The van der Waals surface area contributed by atoms with Gasteiger partial charge >= 0.3 is 0 Å². The van der Waals surface area contributed by atoms with E-state index in [9.17, 15) is 4.79 Å². The molecule has 2 heterocycles. The van der Waals surface area contributed by atoms with Gasteiger partial charge in [0.25, 0.3) is 0 Å². The molecule has 0 aromatic heterocycles. The monoisotopic (exact) mass is 311 g/mol. The van der Waals surface area contributed by atoms with Crippen molar-refractivity contribution in [2.45, 2.75) is 57.5 Å². The van der Waals surface area contributed by atoms with Crippen molar-refractivity contribution in [3.8, 4) is 0 Å². The van der Waals surface area contributed by atoms with Crippen molar-refractivity contribution in [3.05, 3.63) is 35.9 Å². The van der Waals surface area contributed by atoms with Crippen molar-refractivity contribution >= 4 is 5.78 Å². The van der Waals surface area contributed by atoms with Gasteiger partial charge in [-0.15, -0.1) is 0 Å². The van der Waals surface area contributed by atoms with E-state index < -0.39 is 0 Å².